The molecule has 2 aliphatic rings. The van der Waals surface area contributed by atoms with Gasteiger partial charge in [0.05, 0.1) is 12.2 Å². The number of hydrogen-bond acceptors (Lipinski definition) is 3. The summed E-state index contributed by atoms with van der Waals surface area (Å²) in [6.45, 7) is 7.22. The van der Waals surface area contributed by atoms with Crippen LogP contribution >= 0.6 is 15.9 Å². The Balaban J connectivity index is 1.79. The molecule has 2 fully saturated rings. The van der Waals surface area contributed by atoms with E-state index in [4.69, 9.17) is 4.74 Å². The number of anilines is 1. The van der Waals surface area contributed by atoms with Gasteiger partial charge >= 0.3 is 0 Å². The molecule has 3 rings (SSSR count). The maximum Gasteiger partial charge on any atom is 0.0726 e. The third kappa shape index (κ3) is 3.54. The molecule has 1 saturated carbocycles. The number of morpholine rings is 1. The van der Waals surface area contributed by atoms with Gasteiger partial charge in [0.2, 0.25) is 0 Å². The lowest BCUT2D eigenvalue weighted by Gasteiger charge is -2.38. The van der Waals surface area contributed by atoms with E-state index in [1.165, 1.54) is 24.1 Å². The number of benzene rings is 1. The van der Waals surface area contributed by atoms with Gasteiger partial charge in [0.1, 0.15) is 0 Å². The Morgan fingerprint density at radius 2 is 1.95 bits per heavy atom. The Morgan fingerprint density at radius 3 is 2.60 bits per heavy atom. The van der Waals surface area contributed by atoms with E-state index < -0.39 is 0 Å². The Bertz CT molecular complexity index is 466. The molecule has 1 aromatic carbocycles. The van der Waals surface area contributed by atoms with Gasteiger partial charge in [-0.1, -0.05) is 15.9 Å². The van der Waals surface area contributed by atoms with Crippen molar-refractivity contribution in [3.63, 3.8) is 0 Å². The van der Waals surface area contributed by atoms with Gasteiger partial charge in [-0.2, -0.15) is 0 Å². The fraction of sp³-hybridized carbons (Fsp3) is 0.625. The number of ether oxygens (including phenoxy) is 1. The highest BCUT2D eigenvalue weighted by Gasteiger charge is 2.25. The van der Waals surface area contributed by atoms with Gasteiger partial charge in [0, 0.05) is 35.8 Å². The van der Waals surface area contributed by atoms with Gasteiger partial charge in [-0.3, -0.25) is 0 Å². The molecule has 0 radical (unpaired) electrons. The van der Waals surface area contributed by atoms with Crippen molar-refractivity contribution in [2.24, 2.45) is 0 Å². The van der Waals surface area contributed by atoms with Crippen LogP contribution in [0.2, 0.25) is 0 Å². The molecule has 4 heteroatoms. The van der Waals surface area contributed by atoms with Crippen LogP contribution in [-0.2, 0) is 11.3 Å². The lowest BCUT2D eigenvalue weighted by molar-refractivity contribution is -0.00526. The molecule has 1 N–H and O–H groups in total. The van der Waals surface area contributed by atoms with Crippen LogP contribution in [0.5, 0.6) is 0 Å². The zero-order chi connectivity index (χ0) is 14.1. The predicted molar refractivity (Wildman–Crippen MR) is 86.2 cm³/mol. The summed E-state index contributed by atoms with van der Waals surface area (Å²) >= 11 is 3.60. The molecule has 0 aromatic heterocycles. The first-order chi connectivity index (χ1) is 9.61. The largest absolute Gasteiger partial charge is 0.372 e. The van der Waals surface area contributed by atoms with Gasteiger partial charge in [-0.05, 0) is 50.5 Å². The van der Waals surface area contributed by atoms with Crippen LogP contribution in [0.3, 0.4) is 0 Å². The van der Waals surface area contributed by atoms with Crippen LogP contribution < -0.4 is 10.2 Å². The fourth-order valence-electron chi connectivity index (χ4n) is 2.92. The van der Waals surface area contributed by atoms with E-state index in [-0.39, 0.29) is 0 Å². The summed E-state index contributed by atoms with van der Waals surface area (Å²) in [5, 5.41) is 3.62. The zero-order valence-corrected chi connectivity index (χ0v) is 13.8. The van der Waals surface area contributed by atoms with E-state index in [2.05, 4.69) is 58.2 Å². The van der Waals surface area contributed by atoms with Crippen molar-refractivity contribution in [1.29, 1.82) is 0 Å². The summed E-state index contributed by atoms with van der Waals surface area (Å²) in [5.41, 5.74) is 2.73. The minimum atomic E-state index is 0.298. The standard InChI is InChI=1S/C16H23BrN2O/c1-11-9-19(10-12(2)20-11)16-6-3-14(17)7-13(16)8-18-15-4-5-15/h3,6-7,11-12,15,18H,4-5,8-10H2,1-2H3. The maximum absolute atomic E-state index is 5.84. The van der Waals surface area contributed by atoms with Crippen molar-refractivity contribution < 1.29 is 4.74 Å². The van der Waals surface area contributed by atoms with Crippen LogP contribution in [0.1, 0.15) is 32.3 Å². The average Bonchev–Trinajstić information content (AvgIpc) is 3.19. The van der Waals surface area contributed by atoms with E-state index in [1.807, 2.05) is 0 Å². The zero-order valence-electron chi connectivity index (χ0n) is 12.2. The molecule has 2 atom stereocenters. The second kappa shape index (κ2) is 6.04. The average molecular weight is 339 g/mol. The normalized spacial score (nSPS) is 26.9. The van der Waals surface area contributed by atoms with Crippen molar-refractivity contribution in [3.8, 4) is 0 Å². The lowest BCUT2D eigenvalue weighted by Crippen LogP contribution is -2.46. The Kier molecular flexibility index (Phi) is 4.34. The minimum Gasteiger partial charge on any atom is -0.372 e. The van der Waals surface area contributed by atoms with Crippen LogP contribution in [-0.4, -0.2) is 31.3 Å². The Hall–Kier alpha value is -0.580. The minimum absolute atomic E-state index is 0.298. The van der Waals surface area contributed by atoms with Crippen molar-refractivity contribution >= 4 is 21.6 Å². The molecule has 1 saturated heterocycles. The van der Waals surface area contributed by atoms with E-state index in [0.717, 1.165) is 30.1 Å². The summed E-state index contributed by atoms with van der Waals surface area (Å²) in [4.78, 5) is 2.47. The number of hydrogen-bond donors (Lipinski definition) is 1. The Labute approximate surface area is 129 Å². The van der Waals surface area contributed by atoms with E-state index in [0.29, 0.717) is 12.2 Å². The second-order valence-corrected chi connectivity index (χ2v) is 7.01. The summed E-state index contributed by atoms with van der Waals surface area (Å²) in [5.74, 6) is 0. The first kappa shape index (κ1) is 14.4. The van der Waals surface area contributed by atoms with E-state index in [9.17, 15) is 0 Å². The van der Waals surface area contributed by atoms with E-state index in [1.54, 1.807) is 0 Å². The van der Waals surface area contributed by atoms with Gasteiger partial charge < -0.3 is 15.0 Å². The SMILES string of the molecule is CC1CN(c2ccc(Br)cc2CNC2CC2)CC(C)O1. The van der Waals surface area contributed by atoms with Gasteiger partial charge in [0.25, 0.3) is 0 Å². The van der Waals surface area contributed by atoms with Gasteiger partial charge in [0.15, 0.2) is 0 Å². The van der Waals surface area contributed by atoms with Crippen molar-refractivity contribution in [2.75, 3.05) is 18.0 Å². The second-order valence-electron chi connectivity index (χ2n) is 6.09. The Morgan fingerprint density at radius 1 is 1.25 bits per heavy atom. The quantitative estimate of drug-likeness (QED) is 0.911. The highest BCUT2D eigenvalue weighted by Crippen LogP contribution is 2.28. The topological polar surface area (TPSA) is 24.5 Å². The monoisotopic (exact) mass is 338 g/mol. The molecule has 20 heavy (non-hydrogen) atoms. The molecule has 0 bridgehead atoms. The van der Waals surface area contributed by atoms with Crippen LogP contribution in [0.4, 0.5) is 5.69 Å². The lowest BCUT2D eigenvalue weighted by atomic mass is 10.1. The molecule has 1 aromatic rings. The third-order valence-corrected chi connectivity index (χ3v) is 4.45. The maximum atomic E-state index is 5.84. The van der Waals surface area contributed by atoms with Crippen molar-refractivity contribution in [2.45, 2.75) is 51.5 Å². The molecular formula is C16H23BrN2O. The molecule has 0 amide bonds. The summed E-state index contributed by atoms with van der Waals surface area (Å²) < 4.78 is 7.00. The van der Waals surface area contributed by atoms with Gasteiger partial charge in [-0.15, -0.1) is 0 Å². The highest BCUT2D eigenvalue weighted by atomic mass is 79.9. The fourth-order valence-corrected chi connectivity index (χ4v) is 3.33. The summed E-state index contributed by atoms with van der Waals surface area (Å²) in [7, 11) is 0. The molecule has 2 unspecified atom stereocenters. The molecule has 3 nitrogen and oxygen atoms in total. The molecule has 1 heterocycles. The predicted octanol–water partition coefficient (Wildman–Crippen LogP) is 3.31. The van der Waals surface area contributed by atoms with Crippen molar-refractivity contribution in [3.05, 3.63) is 28.2 Å². The third-order valence-electron chi connectivity index (χ3n) is 3.96. The van der Waals surface area contributed by atoms with Crippen LogP contribution in [0.25, 0.3) is 0 Å². The number of nitrogens with zero attached hydrogens (tertiary/aromatic N) is 1. The first-order valence-electron chi connectivity index (χ1n) is 7.54. The highest BCUT2D eigenvalue weighted by molar-refractivity contribution is 9.10. The number of rotatable bonds is 4. The molecule has 110 valence electrons. The molecule has 1 aliphatic carbocycles. The first-order valence-corrected chi connectivity index (χ1v) is 8.33. The molecule has 0 spiro atoms. The summed E-state index contributed by atoms with van der Waals surface area (Å²) in [6.07, 6.45) is 3.25. The van der Waals surface area contributed by atoms with E-state index >= 15 is 0 Å². The molecular weight excluding hydrogens is 316 g/mol. The van der Waals surface area contributed by atoms with Gasteiger partial charge in [-0.25, -0.2) is 0 Å². The van der Waals surface area contributed by atoms with Crippen LogP contribution in [0, 0.1) is 0 Å². The summed E-state index contributed by atoms with van der Waals surface area (Å²) in [6, 6.07) is 7.36. The smallest absolute Gasteiger partial charge is 0.0726 e. The van der Waals surface area contributed by atoms with Crippen molar-refractivity contribution in [1.82, 2.24) is 5.32 Å². The number of nitrogens with one attached hydrogen (secondary N) is 1. The number of halogens is 1. The van der Waals surface area contributed by atoms with Crippen LogP contribution in [0.15, 0.2) is 22.7 Å². The molecule has 1 aliphatic heterocycles.